The molecule has 1 heterocycles. The maximum Gasteiger partial charge on any atom is 0.129 e. The minimum atomic E-state index is 0.440. The number of aromatic nitrogens is 2. The van der Waals surface area contributed by atoms with Gasteiger partial charge in [0.05, 0.1) is 0 Å². The van der Waals surface area contributed by atoms with E-state index in [0.29, 0.717) is 12.0 Å². The van der Waals surface area contributed by atoms with Crippen LogP contribution in [0.5, 0.6) is 0 Å². The SMILES string of the molecule is CC(C)c1cc(NCC(C)N(C)C)ncn1. The standard InChI is InChI=1S/C12H22N4/c1-9(2)11-6-12(15-8-14-11)13-7-10(3)16(4)5/h6,8-10H,7H2,1-5H3,(H,13,14,15). The van der Waals surface area contributed by atoms with Gasteiger partial charge in [-0.05, 0) is 26.9 Å². The summed E-state index contributed by atoms with van der Waals surface area (Å²) in [5, 5.41) is 3.33. The zero-order chi connectivity index (χ0) is 12.1. The Kier molecular flexibility index (Phi) is 4.68. The molecule has 16 heavy (non-hydrogen) atoms. The van der Waals surface area contributed by atoms with E-state index >= 15 is 0 Å². The van der Waals surface area contributed by atoms with Crippen LogP contribution in [0.1, 0.15) is 32.4 Å². The molecule has 0 spiro atoms. The van der Waals surface area contributed by atoms with Crippen molar-refractivity contribution in [2.24, 2.45) is 0 Å². The van der Waals surface area contributed by atoms with Crippen molar-refractivity contribution in [3.8, 4) is 0 Å². The van der Waals surface area contributed by atoms with Crippen LogP contribution in [-0.4, -0.2) is 41.5 Å². The van der Waals surface area contributed by atoms with Crippen molar-refractivity contribution in [2.75, 3.05) is 26.0 Å². The molecule has 0 aliphatic rings. The number of nitrogens with zero attached hydrogens (tertiary/aromatic N) is 3. The molecule has 4 nitrogen and oxygen atoms in total. The molecule has 0 amide bonds. The Morgan fingerprint density at radius 1 is 1.25 bits per heavy atom. The van der Waals surface area contributed by atoms with Gasteiger partial charge in [-0.15, -0.1) is 0 Å². The fourth-order valence-electron chi connectivity index (χ4n) is 1.22. The minimum absolute atomic E-state index is 0.440. The van der Waals surface area contributed by atoms with E-state index in [4.69, 9.17) is 0 Å². The number of nitrogens with one attached hydrogen (secondary N) is 1. The van der Waals surface area contributed by atoms with Gasteiger partial charge in [0, 0.05) is 24.3 Å². The van der Waals surface area contributed by atoms with Gasteiger partial charge >= 0.3 is 0 Å². The molecule has 0 fully saturated rings. The van der Waals surface area contributed by atoms with Gasteiger partial charge in [0.15, 0.2) is 0 Å². The maximum absolute atomic E-state index is 4.24. The molecule has 0 aliphatic heterocycles. The Balaban J connectivity index is 2.57. The zero-order valence-electron chi connectivity index (χ0n) is 10.9. The highest BCUT2D eigenvalue weighted by molar-refractivity contribution is 5.35. The summed E-state index contributed by atoms with van der Waals surface area (Å²) in [6.45, 7) is 7.34. The lowest BCUT2D eigenvalue weighted by molar-refractivity contribution is 0.326. The molecule has 1 unspecified atom stereocenters. The molecule has 1 atom stereocenters. The van der Waals surface area contributed by atoms with Gasteiger partial charge in [0.2, 0.25) is 0 Å². The molecule has 0 aromatic carbocycles. The lowest BCUT2D eigenvalue weighted by atomic mass is 10.1. The first-order valence-electron chi connectivity index (χ1n) is 5.73. The first-order chi connectivity index (χ1) is 7.50. The van der Waals surface area contributed by atoms with Crippen LogP contribution in [-0.2, 0) is 0 Å². The topological polar surface area (TPSA) is 41.0 Å². The van der Waals surface area contributed by atoms with E-state index < -0.39 is 0 Å². The lowest BCUT2D eigenvalue weighted by Gasteiger charge is -2.20. The quantitative estimate of drug-likeness (QED) is 0.827. The van der Waals surface area contributed by atoms with Crippen LogP contribution in [0.4, 0.5) is 5.82 Å². The minimum Gasteiger partial charge on any atom is -0.368 e. The molecule has 1 N–H and O–H groups in total. The monoisotopic (exact) mass is 222 g/mol. The van der Waals surface area contributed by atoms with Crippen molar-refractivity contribution in [3.63, 3.8) is 0 Å². The second-order valence-electron chi connectivity index (χ2n) is 4.68. The predicted molar refractivity (Wildman–Crippen MR) is 67.8 cm³/mol. The first kappa shape index (κ1) is 12.9. The molecule has 90 valence electrons. The third kappa shape index (κ3) is 3.77. The van der Waals surface area contributed by atoms with Crippen LogP contribution in [0, 0.1) is 0 Å². The highest BCUT2D eigenvalue weighted by Gasteiger charge is 2.06. The Labute approximate surface area is 98.1 Å². The average Bonchev–Trinajstić information content (AvgIpc) is 2.26. The number of anilines is 1. The van der Waals surface area contributed by atoms with Gasteiger partial charge < -0.3 is 10.2 Å². The largest absolute Gasteiger partial charge is 0.368 e. The Bertz CT molecular complexity index is 323. The van der Waals surface area contributed by atoms with Crippen LogP contribution < -0.4 is 5.32 Å². The van der Waals surface area contributed by atoms with E-state index in [0.717, 1.165) is 18.1 Å². The molecule has 1 aromatic rings. The second-order valence-corrected chi connectivity index (χ2v) is 4.68. The summed E-state index contributed by atoms with van der Waals surface area (Å²) in [7, 11) is 4.15. The fourth-order valence-corrected chi connectivity index (χ4v) is 1.22. The van der Waals surface area contributed by atoms with E-state index in [9.17, 15) is 0 Å². The van der Waals surface area contributed by atoms with Gasteiger partial charge in [-0.3, -0.25) is 0 Å². The Morgan fingerprint density at radius 2 is 1.94 bits per heavy atom. The number of rotatable bonds is 5. The molecule has 0 bridgehead atoms. The van der Waals surface area contributed by atoms with Crippen molar-refractivity contribution >= 4 is 5.82 Å². The molecule has 4 heteroatoms. The van der Waals surface area contributed by atoms with Crippen molar-refractivity contribution in [1.29, 1.82) is 0 Å². The zero-order valence-corrected chi connectivity index (χ0v) is 10.9. The molecular weight excluding hydrogens is 200 g/mol. The van der Waals surface area contributed by atoms with Gasteiger partial charge in [0.25, 0.3) is 0 Å². The third-order valence-electron chi connectivity index (χ3n) is 2.74. The summed E-state index contributed by atoms with van der Waals surface area (Å²) >= 11 is 0. The van der Waals surface area contributed by atoms with E-state index in [2.05, 4.69) is 55.1 Å². The summed E-state index contributed by atoms with van der Waals surface area (Å²) in [4.78, 5) is 10.6. The third-order valence-corrected chi connectivity index (χ3v) is 2.74. The summed E-state index contributed by atoms with van der Waals surface area (Å²) < 4.78 is 0. The number of likely N-dealkylation sites (N-methyl/N-ethyl adjacent to an activating group) is 1. The first-order valence-corrected chi connectivity index (χ1v) is 5.73. The predicted octanol–water partition coefficient (Wildman–Crippen LogP) is 1.96. The van der Waals surface area contributed by atoms with Gasteiger partial charge in [0.1, 0.15) is 12.1 Å². The van der Waals surface area contributed by atoms with Crippen LogP contribution in [0.2, 0.25) is 0 Å². The van der Waals surface area contributed by atoms with Gasteiger partial charge in [-0.2, -0.15) is 0 Å². The van der Waals surface area contributed by atoms with Crippen molar-refractivity contribution < 1.29 is 0 Å². The maximum atomic E-state index is 4.24. The van der Waals surface area contributed by atoms with Crippen LogP contribution in [0.25, 0.3) is 0 Å². The fraction of sp³-hybridized carbons (Fsp3) is 0.667. The van der Waals surface area contributed by atoms with E-state index in [-0.39, 0.29) is 0 Å². The summed E-state index contributed by atoms with van der Waals surface area (Å²) in [5.74, 6) is 1.35. The van der Waals surface area contributed by atoms with E-state index in [1.807, 2.05) is 6.07 Å². The molecular formula is C12H22N4. The number of hydrogen-bond acceptors (Lipinski definition) is 4. The Morgan fingerprint density at radius 3 is 2.50 bits per heavy atom. The summed E-state index contributed by atoms with van der Waals surface area (Å²) in [5.41, 5.74) is 1.08. The Hall–Kier alpha value is -1.16. The van der Waals surface area contributed by atoms with Crippen molar-refractivity contribution in [1.82, 2.24) is 14.9 Å². The summed E-state index contributed by atoms with van der Waals surface area (Å²) in [6, 6.07) is 2.50. The molecule has 1 rings (SSSR count). The smallest absolute Gasteiger partial charge is 0.129 e. The van der Waals surface area contributed by atoms with Crippen LogP contribution in [0.15, 0.2) is 12.4 Å². The summed E-state index contributed by atoms with van der Waals surface area (Å²) in [6.07, 6.45) is 1.62. The van der Waals surface area contributed by atoms with Gasteiger partial charge in [-0.1, -0.05) is 13.8 Å². The highest BCUT2D eigenvalue weighted by atomic mass is 15.1. The normalized spacial score (nSPS) is 13.2. The molecule has 0 saturated heterocycles. The molecule has 0 aliphatic carbocycles. The lowest BCUT2D eigenvalue weighted by Crippen LogP contribution is -2.31. The average molecular weight is 222 g/mol. The molecule has 0 radical (unpaired) electrons. The van der Waals surface area contributed by atoms with Crippen molar-refractivity contribution in [2.45, 2.75) is 32.7 Å². The second kappa shape index (κ2) is 5.80. The highest BCUT2D eigenvalue weighted by Crippen LogP contribution is 2.13. The van der Waals surface area contributed by atoms with Crippen LogP contribution >= 0.6 is 0 Å². The van der Waals surface area contributed by atoms with E-state index in [1.165, 1.54) is 0 Å². The van der Waals surface area contributed by atoms with E-state index in [1.54, 1.807) is 6.33 Å². The molecule has 0 saturated carbocycles. The van der Waals surface area contributed by atoms with Crippen LogP contribution in [0.3, 0.4) is 0 Å². The number of hydrogen-bond donors (Lipinski definition) is 1. The molecule has 1 aromatic heterocycles. The van der Waals surface area contributed by atoms with Crippen molar-refractivity contribution in [3.05, 3.63) is 18.1 Å². The van der Waals surface area contributed by atoms with Gasteiger partial charge in [-0.25, -0.2) is 9.97 Å².